The van der Waals surface area contributed by atoms with Crippen LogP contribution in [-0.4, -0.2) is 31.7 Å². The molecule has 7 nitrogen and oxygen atoms in total. The summed E-state index contributed by atoms with van der Waals surface area (Å²) >= 11 is 5.68. The van der Waals surface area contributed by atoms with Gasteiger partial charge in [-0.2, -0.15) is 8.42 Å². The van der Waals surface area contributed by atoms with E-state index >= 15 is 0 Å². The molecule has 1 atom stereocenters. The number of fused-ring (bicyclic) bond motifs is 1. The molecule has 1 heterocycles. The third-order valence-electron chi connectivity index (χ3n) is 4.26. The van der Waals surface area contributed by atoms with Gasteiger partial charge < -0.3 is 4.74 Å². The van der Waals surface area contributed by atoms with Gasteiger partial charge in [0.15, 0.2) is 17.4 Å². The molecule has 0 bridgehead atoms. The summed E-state index contributed by atoms with van der Waals surface area (Å²) in [5.74, 6) is -0.575. The van der Waals surface area contributed by atoms with Crippen molar-refractivity contribution < 1.29 is 22.7 Å². The zero-order valence-corrected chi connectivity index (χ0v) is 16.2. The predicted octanol–water partition coefficient (Wildman–Crippen LogP) is 2.62. The Morgan fingerprint density at radius 1 is 1.33 bits per heavy atom. The van der Waals surface area contributed by atoms with E-state index in [1.807, 2.05) is 24.6 Å². The highest BCUT2D eigenvalue weighted by Crippen LogP contribution is 2.40. The number of pyridine rings is 1. The van der Waals surface area contributed by atoms with Crippen LogP contribution in [0.15, 0.2) is 35.4 Å². The Labute approximate surface area is 161 Å². The van der Waals surface area contributed by atoms with Gasteiger partial charge in [0, 0.05) is 6.42 Å². The SMILES string of the molecule is Cc1ccc(OCC(=O)NS(=O)(=O)c2cccc(Cl)n2)c2c1C(C)CC2=O. The third-order valence-corrected chi connectivity index (χ3v) is 5.75. The maximum atomic E-state index is 12.2. The number of rotatable bonds is 5. The maximum absolute atomic E-state index is 12.2. The summed E-state index contributed by atoms with van der Waals surface area (Å²) < 4.78 is 31.7. The van der Waals surface area contributed by atoms with E-state index in [0.717, 1.165) is 11.1 Å². The van der Waals surface area contributed by atoms with Crippen LogP contribution in [0.2, 0.25) is 5.15 Å². The number of sulfonamides is 1. The van der Waals surface area contributed by atoms with Crippen LogP contribution in [0.4, 0.5) is 0 Å². The van der Waals surface area contributed by atoms with Gasteiger partial charge in [-0.15, -0.1) is 0 Å². The molecule has 0 radical (unpaired) electrons. The first kappa shape index (κ1) is 19.3. The minimum absolute atomic E-state index is 0.00979. The molecule has 1 aromatic heterocycles. The molecule has 1 unspecified atom stereocenters. The molecule has 0 saturated carbocycles. The van der Waals surface area contributed by atoms with Crippen molar-refractivity contribution in [3.63, 3.8) is 0 Å². The van der Waals surface area contributed by atoms with Gasteiger partial charge in [0.1, 0.15) is 10.9 Å². The van der Waals surface area contributed by atoms with Gasteiger partial charge in [0.25, 0.3) is 15.9 Å². The second-order valence-electron chi connectivity index (χ2n) is 6.31. The molecule has 2 aromatic rings. The smallest absolute Gasteiger partial charge is 0.281 e. The van der Waals surface area contributed by atoms with Gasteiger partial charge in [0.2, 0.25) is 0 Å². The van der Waals surface area contributed by atoms with Crippen molar-refractivity contribution >= 4 is 33.3 Å². The summed E-state index contributed by atoms with van der Waals surface area (Å²) in [6, 6.07) is 7.47. The summed E-state index contributed by atoms with van der Waals surface area (Å²) in [4.78, 5) is 28.0. The molecule has 1 aromatic carbocycles. The van der Waals surface area contributed by atoms with E-state index in [0.29, 0.717) is 12.0 Å². The molecule has 1 aliphatic carbocycles. The molecule has 27 heavy (non-hydrogen) atoms. The number of halogens is 1. The first-order chi connectivity index (χ1) is 12.7. The monoisotopic (exact) mass is 408 g/mol. The van der Waals surface area contributed by atoms with Crippen molar-refractivity contribution in [3.8, 4) is 5.75 Å². The minimum atomic E-state index is -4.17. The molecule has 0 aliphatic heterocycles. The molecule has 1 amide bonds. The molecule has 3 rings (SSSR count). The van der Waals surface area contributed by atoms with E-state index in [2.05, 4.69) is 4.98 Å². The van der Waals surface area contributed by atoms with Crippen molar-refractivity contribution in [2.24, 2.45) is 0 Å². The third kappa shape index (κ3) is 3.96. The molecule has 0 fully saturated rings. The number of aromatic nitrogens is 1. The average Bonchev–Trinajstić information content (AvgIpc) is 2.89. The van der Waals surface area contributed by atoms with Gasteiger partial charge in [-0.3, -0.25) is 9.59 Å². The number of benzene rings is 1. The lowest BCUT2D eigenvalue weighted by molar-refractivity contribution is -0.121. The Morgan fingerprint density at radius 2 is 2.07 bits per heavy atom. The van der Waals surface area contributed by atoms with Crippen molar-refractivity contribution in [2.75, 3.05) is 6.61 Å². The fourth-order valence-corrected chi connectivity index (χ4v) is 4.30. The van der Waals surface area contributed by atoms with Crippen LogP contribution < -0.4 is 9.46 Å². The lowest BCUT2D eigenvalue weighted by Crippen LogP contribution is -2.35. The Hall–Kier alpha value is -2.45. The number of ether oxygens (including phenoxy) is 1. The summed E-state index contributed by atoms with van der Waals surface area (Å²) in [5, 5.41) is -0.381. The van der Waals surface area contributed by atoms with Crippen LogP contribution in [0.3, 0.4) is 0 Å². The number of amides is 1. The van der Waals surface area contributed by atoms with Crippen LogP contribution in [0, 0.1) is 6.92 Å². The highest BCUT2D eigenvalue weighted by Gasteiger charge is 2.31. The summed E-state index contributed by atoms with van der Waals surface area (Å²) in [6.07, 6.45) is 0.386. The summed E-state index contributed by atoms with van der Waals surface area (Å²) in [6.45, 7) is 3.31. The number of nitrogens with zero attached hydrogens (tertiary/aromatic N) is 1. The van der Waals surface area contributed by atoms with E-state index in [-0.39, 0.29) is 27.6 Å². The highest BCUT2D eigenvalue weighted by atomic mass is 35.5. The fraction of sp³-hybridized carbons (Fsp3) is 0.278. The zero-order chi connectivity index (χ0) is 19.8. The summed E-state index contributed by atoms with van der Waals surface area (Å²) in [7, 11) is -4.17. The van der Waals surface area contributed by atoms with Crippen molar-refractivity contribution in [1.29, 1.82) is 0 Å². The van der Waals surface area contributed by atoms with Crippen molar-refractivity contribution in [2.45, 2.75) is 31.2 Å². The lowest BCUT2D eigenvalue weighted by atomic mass is 9.97. The van der Waals surface area contributed by atoms with Crippen LogP contribution >= 0.6 is 11.6 Å². The molecule has 0 saturated heterocycles. The normalized spacial score (nSPS) is 16.1. The molecule has 0 spiro atoms. The van der Waals surface area contributed by atoms with Crippen LogP contribution in [-0.2, 0) is 14.8 Å². The minimum Gasteiger partial charge on any atom is -0.483 e. The van der Waals surface area contributed by atoms with E-state index in [4.69, 9.17) is 16.3 Å². The predicted molar refractivity (Wildman–Crippen MR) is 98.6 cm³/mol. The average molecular weight is 409 g/mol. The van der Waals surface area contributed by atoms with Crippen molar-refractivity contribution in [1.82, 2.24) is 9.71 Å². The Balaban J connectivity index is 1.73. The standard InChI is InChI=1S/C18H17ClN2O5S/c1-10-6-7-13(18-12(22)8-11(2)17(10)18)26-9-15(23)21-27(24,25)16-5-3-4-14(19)20-16/h3-7,11H,8-9H2,1-2H3,(H,21,23). The first-order valence-corrected chi connectivity index (χ1v) is 10.0. The van der Waals surface area contributed by atoms with E-state index in [1.165, 1.54) is 18.2 Å². The topological polar surface area (TPSA) is 102 Å². The number of carbonyl (C=O) groups excluding carboxylic acids is 2. The Bertz CT molecular complexity index is 1040. The number of aryl methyl sites for hydroxylation is 1. The first-order valence-electron chi connectivity index (χ1n) is 8.16. The van der Waals surface area contributed by atoms with Gasteiger partial charge in [-0.05, 0) is 42.2 Å². The molecular weight excluding hydrogens is 392 g/mol. The van der Waals surface area contributed by atoms with Crippen LogP contribution in [0.25, 0.3) is 0 Å². The molecule has 1 N–H and O–H groups in total. The Kier molecular flexibility index (Phi) is 5.21. The van der Waals surface area contributed by atoms with Gasteiger partial charge in [0.05, 0.1) is 5.56 Å². The summed E-state index contributed by atoms with van der Waals surface area (Å²) in [5.41, 5.74) is 2.36. The number of ketones is 1. The second-order valence-corrected chi connectivity index (χ2v) is 8.33. The fourth-order valence-electron chi connectivity index (χ4n) is 3.14. The van der Waals surface area contributed by atoms with Gasteiger partial charge >= 0.3 is 0 Å². The highest BCUT2D eigenvalue weighted by molar-refractivity contribution is 7.90. The van der Waals surface area contributed by atoms with Gasteiger partial charge in [-0.1, -0.05) is 30.7 Å². The zero-order valence-electron chi connectivity index (χ0n) is 14.7. The van der Waals surface area contributed by atoms with Crippen LogP contribution in [0.1, 0.15) is 40.7 Å². The molecule has 1 aliphatic rings. The molecular formula is C18H17ClN2O5S. The van der Waals surface area contributed by atoms with E-state index in [1.54, 1.807) is 6.07 Å². The second kappa shape index (κ2) is 7.28. The number of hydrogen-bond acceptors (Lipinski definition) is 6. The quantitative estimate of drug-likeness (QED) is 0.763. The largest absolute Gasteiger partial charge is 0.483 e. The van der Waals surface area contributed by atoms with Crippen molar-refractivity contribution in [3.05, 3.63) is 52.2 Å². The number of hydrogen-bond donors (Lipinski definition) is 1. The van der Waals surface area contributed by atoms with E-state index in [9.17, 15) is 18.0 Å². The van der Waals surface area contributed by atoms with Gasteiger partial charge in [-0.25, -0.2) is 9.71 Å². The number of Topliss-reactive ketones (excluding diaryl/α,β-unsaturated/α-hetero) is 1. The van der Waals surface area contributed by atoms with E-state index < -0.39 is 22.5 Å². The number of nitrogens with one attached hydrogen (secondary N) is 1. The van der Waals surface area contributed by atoms with Crippen LogP contribution in [0.5, 0.6) is 5.75 Å². The Morgan fingerprint density at radius 3 is 2.78 bits per heavy atom. The number of carbonyl (C=O) groups is 2. The molecule has 142 valence electrons. The molecule has 9 heteroatoms. The lowest BCUT2D eigenvalue weighted by Gasteiger charge is -2.13. The maximum Gasteiger partial charge on any atom is 0.281 e.